The summed E-state index contributed by atoms with van der Waals surface area (Å²) in [5.41, 5.74) is 3.20. The number of allylic oxidation sites excluding steroid dienone is 5. The van der Waals surface area contributed by atoms with E-state index in [9.17, 15) is 19.2 Å². The zero-order chi connectivity index (χ0) is 46.8. The molecule has 67 heavy (non-hydrogen) atoms. The number of hydrogen-bond donors (Lipinski definition) is 1. The molecule has 1 aliphatic carbocycles. The molecule has 3 aliphatic rings. The summed E-state index contributed by atoms with van der Waals surface area (Å²) >= 11 is 0. The summed E-state index contributed by atoms with van der Waals surface area (Å²) in [7, 11) is 3.75. The van der Waals surface area contributed by atoms with Gasteiger partial charge in [-0.25, -0.2) is 33.7 Å². The van der Waals surface area contributed by atoms with E-state index in [0.29, 0.717) is 54.9 Å². The Kier molecular flexibility index (Phi) is 16.5. The van der Waals surface area contributed by atoms with Crippen LogP contribution in [0.25, 0.3) is 22.5 Å². The maximum absolute atomic E-state index is 12.9. The fourth-order valence-electron chi connectivity index (χ4n) is 7.22. The molecule has 2 aliphatic heterocycles. The molecule has 0 radical (unpaired) electrons. The second-order valence-corrected chi connectivity index (χ2v) is 15.4. The monoisotopic (exact) mass is 903 g/mol. The summed E-state index contributed by atoms with van der Waals surface area (Å²) in [4.78, 5) is 70.6. The fraction of sp³-hybridized carbons (Fsp3) is 0.240. The minimum Gasteiger partial charge on any atom is -0.410 e. The summed E-state index contributed by atoms with van der Waals surface area (Å²) in [5.74, 6) is 1.58. The highest BCUT2D eigenvalue weighted by Crippen LogP contribution is 2.21. The number of aromatic nitrogens is 6. The molecule has 9 rings (SSSR count). The summed E-state index contributed by atoms with van der Waals surface area (Å²) in [5, 5.41) is 3.23. The second-order valence-electron chi connectivity index (χ2n) is 15.4. The van der Waals surface area contributed by atoms with E-state index in [1.807, 2.05) is 67.7 Å². The van der Waals surface area contributed by atoms with Crippen LogP contribution in [0.5, 0.6) is 11.5 Å². The number of rotatable bonds is 7. The maximum atomic E-state index is 12.9. The third kappa shape index (κ3) is 13.4. The number of hydrogen-bond acceptors (Lipinski definition) is 12. The fourth-order valence-corrected chi connectivity index (χ4v) is 7.22. The normalized spacial score (nSPS) is 14.5. The van der Waals surface area contributed by atoms with Gasteiger partial charge in [0.05, 0.1) is 23.5 Å². The van der Waals surface area contributed by atoms with Crippen molar-refractivity contribution in [2.45, 2.75) is 37.8 Å². The molecule has 2 aromatic carbocycles. The molecular weight excluding hydrogens is 853 g/mol. The highest BCUT2D eigenvalue weighted by atomic mass is 16.6. The van der Waals surface area contributed by atoms with Crippen LogP contribution in [0.2, 0.25) is 0 Å². The van der Waals surface area contributed by atoms with Crippen LogP contribution < -0.4 is 14.8 Å². The van der Waals surface area contributed by atoms with Gasteiger partial charge >= 0.3 is 24.3 Å². The molecule has 0 atom stereocenters. The highest BCUT2D eigenvalue weighted by Gasteiger charge is 2.29. The van der Waals surface area contributed by atoms with Gasteiger partial charge in [0.15, 0.2) is 0 Å². The molecule has 342 valence electrons. The van der Waals surface area contributed by atoms with Crippen molar-refractivity contribution in [1.82, 2.24) is 49.1 Å². The van der Waals surface area contributed by atoms with Crippen LogP contribution >= 0.6 is 0 Å². The number of amides is 3. The lowest BCUT2D eigenvalue weighted by Gasteiger charge is -2.36. The first-order valence-electron chi connectivity index (χ1n) is 21.8. The van der Waals surface area contributed by atoms with Gasteiger partial charge in [-0.15, -0.1) is 0 Å². The Bertz CT molecular complexity index is 2620. The van der Waals surface area contributed by atoms with Crippen molar-refractivity contribution in [3.63, 3.8) is 0 Å². The lowest BCUT2D eigenvalue weighted by Crippen LogP contribution is -2.48. The topological polar surface area (TPSA) is 179 Å². The van der Waals surface area contributed by atoms with Gasteiger partial charge in [-0.05, 0) is 81.3 Å². The number of carbonyl (C=O) groups excluding carboxylic acids is 4. The van der Waals surface area contributed by atoms with Gasteiger partial charge in [-0.3, -0.25) is 14.5 Å². The zero-order valence-electron chi connectivity index (χ0n) is 37.2. The molecule has 17 nitrogen and oxygen atoms in total. The van der Waals surface area contributed by atoms with E-state index >= 15 is 0 Å². The van der Waals surface area contributed by atoms with Crippen molar-refractivity contribution in [1.29, 1.82) is 0 Å². The summed E-state index contributed by atoms with van der Waals surface area (Å²) in [6.07, 6.45) is 24.9. The SMILES string of the molecule is CN(C(=O)n1cnc(-c2ccncc2)c1)C1CCN(C(=O)Oc2ccccc2)CC1.CNC1CCN(C(=O)Oc2ccccc2)CC1.O=C(OC1=CC=C[C+]=C1)n1cnc(-c2ccncc2)c1. The van der Waals surface area contributed by atoms with Crippen LogP contribution in [-0.2, 0) is 4.74 Å². The van der Waals surface area contributed by atoms with E-state index in [4.69, 9.17) is 14.2 Å². The van der Waals surface area contributed by atoms with Gasteiger partial charge in [0.1, 0.15) is 36.3 Å². The Labute approximate surface area is 388 Å². The Morgan fingerprint density at radius 1 is 0.642 bits per heavy atom. The van der Waals surface area contributed by atoms with Gasteiger partial charge in [-0.2, -0.15) is 0 Å². The van der Waals surface area contributed by atoms with E-state index < -0.39 is 6.09 Å². The smallest absolute Gasteiger partial charge is 0.410 e. The molecular formula is C50H51N10O7+. The average Bonchev–Trinajstić information content (AvgIpc) is 4.10. The van der Waals surface area contributed by atoms with E-state index in [1.54, 1.807) is 107 Å². The van der Waals surface area contributed by atoms with Crippen LogP contribution in [0.15, 0.2) is 165 Å². The van der Waals surface area contributed by atoms with Crippen molar-refractivity contribution in [3.8, 4) is 34.0 Å². The summed E-state index contributed by atoms with van der Waals surface area (Å²) in [6.45, 7) is 2.61. The van der Waals surface area contributed by atoms with Crippen molar-refractivity contribution >= 4 is 24.3 Å². The van der Waals surface area contributed by atoms with Crippen molar-refractivity contribution in [2.75, 3.05) is 40.3 Å². The maximum Gasteiger partial charge on any atom is 0.437 e. The molecule has 2 saturated heterocycles. The van der Waals surface area contributed by atoms with E-state index in [2.05, 4.69) is 31.3 Å². The Balaban J connectivity index is 0.000000157. The number of benzene rings is 2. The predicted molar refractivity (Wildman–Crippen MR) is 250 cm³/mol. The summed E-state index contributed by atoms with van der Waals surface area (Å²) < 4.78 is 18.7. The molecule has 0 spiro atoms. The van der Waals surface area contributed by atoms with Crippen LogP contribution in [0.1, 0.15) is 25.7 Å². The predicted octanol–water partition coefficient (Wildman–Crippen LogP) is 8.12. The van der Waals surface area contributed by atoms with Crippen molar-refractivity contribution < 1.29 is 33.4 Å². The van der Waals surface area contributed by atoms with Crippen LogP contribution in [0.4, 0.5) is 19.2 Å². The van der Waals surface area contributed by atoms with Gasteiger partial charge < -0.3 is 34.2 Å². The first-order chi connectivity index (χ1) is 32.7. The molecule has 0 bridgehead atoms. The Morgan fingerprint density at radius 2 is 1.13 bits per heavy atom. The van der Waals surface area contributed by atoms with Gasteiger partial charge in [0, 0.05) is 99.7 Å². The molecule has 2 fully saturated rings. The number of likely N-dealkylation sites (tertiary alicyclic amines) is 2. The van der Waals surface area contributed by atoms with Gasteiger partial charge in [0.2, 0.25) is 5.76 Å². The lowest BCUT2D eigenvalue weighted by atomic mass is 10.0. The third-order valence-electron chi connectivity index (χ3n) is 11.1. The van der Waals surface area contributed by atoms with E-state index in [0.717, 1.165) is 42.8 Å². The Hall–Kier alpha value is -8.27. The minimum absolute atomic E-state index is 0.0463. The number of pyridine rings is 2. The standard InChI is InChI=1S/C22H23N5O3.C15H10N3O2.C13H18N2O2/c1-25(21(28)27-15-20(24-16-27)17-7-11-23-12-8-17)18-9-13-26(14-10-18)22(29)30-19-5-3-2-4-6-19;19-15(20-13-4-2-1-3-5-13)18-10-14(17-11-18)12-6-8-16-9-7-12;1-14-11-7-9-15(10-8-11)13(16)17-12-5-3-2-4-6-12/h2-8,11-12,15-16,18H,9-10,13-14H2,1H3;1-2,4-11H;2-6,11,14H,7-10H2,1H3/q;+1;. The minimum atomic E-state index is -0.516. The molecule has 4 aromatic heterocycles. The number of piperidine rings is 2. The largest absolute Gasteiger partial charge is 0.437 e. The molecule has 3 amide bonds. The number of carbonyl (C=O) groups is 4. The van der Waals surface area contributed by atoms with Gasteiger partial charge in [0.25, 0.3) is 0 Å². The Morgan fingerprint density at radius 3 is 1.63 bits per heavy atom. The number of imidazole rings is 2. The van der Waals surface area contributed by atoms with Gasteiger partial charge in [-0.1, -0.05) is 36.4 Å². The second kappa shape index (κ2) is 23.6. The number of ether oxygens (including phenoxy) is 3. The van der Waals surface area contributed by atoms with Crippen LogP contribution in [0.3, 0.4) is 0 Å². The first-order valence-corrected chi connectivity index (χ1v) is 21.8. The number of nitrogens with zero attached hydrogens (tertiary/aromatic N) is 9. The lowest BCUT2D eigenvalue weighted by molar-refractivity contribution is 0.116. The molecule has 0 saturated carbocycles. The van der Waals surface area contributed by atoms with Crippen molar-refractivity contribution in [2.24, 2.45) is 0 Å². The molecule has 17 heteroatoms. The third-order valence-corrected chi connectivity index (χ3v) is 11.1. The van der Waals surface area contributed by atoms with E-state index in [-0.39, 0.29) is 24.3 Å². The van der Waals surface area contributed by atoms with Crippen LogP contribution in [-0.4, -0.2) is 120 Å². The van der Waals surface area contributed by atoms with Crippen LogP contribution in [0, 0.1) is 6.08 Å². The van der Waals surface area contributed by atoms with Crippen molar-refractivity contribution in [3.05, 3.63) is 171 Å². The molecule has 6 aromatic rings. The number of para-hydroxylation sites is 2. The summed E-state index contributed by atoms with van der Waals surface area (Å²) in [6, 6.07) is 26.0. The average molecular weight is 904 g/mol. The highest BCUT2D eigenvalue weighted by molar-refractivity contribution is 5.78. The molecule has 6 heterocycles. The quantitative estimate of drug-likeness (QED) is 0.152. The molecule has 0 unspecified atom stereocenters. The molecule has 1 N–H and O–H groups in total. The van der Waals surface area contributed by atoms with E-state index in [1.165, 1.54) is 21.8 Å². The first kappa shape index (κ1) is 46.7. The number of nitrogens with one attached hydrogen (secondary N) is 1. The zero-order valence-corrected chi connectivity index (χ0v) is 37.2.